The summed E-state index contributed by atoms with van der Waals surface area (Å²) in [7, 11) is 0. The van der Waals surface area contributed by atoms with Crippen LogP contribution in [-0.4, -0.2) is 71.0 Å². The first-order chi connectivity index (χ1) is 14.1. The fraction of sp³-hybridized carbons (Fsp3) is 0.800. The molecule has 172 valence electrons. The third-order valence-corrected chi connectivity index (χ3v) is 5.19. The van der Waals surface area contributed by atoms with Crippen molar-refractivity contribution in [2.45, 2.75) is 83.5 Å². The predicted octanol–water partition coefficient (Wildman–Crippen LogP) is -0.446. The molecule has 0 aromatic heterocycles. The molecule has 3 amide bonds. The summed E-state index contributed by atoms with van der Waals surface area (Å²) in [6.07, 6.45) is 3.30. The molecule has 0 aromatic rings. The normalized spacial score (nSPS) is 19.3. The van der Waals surface area contributed by atoms with E-state index in [0.717, 1.165) is 0 Å². The fourth-order valence-electron chi connectivity index (χ4n) is 3.53. The summed E-state index contributed by atoms with van der Waals surface area (Å²) < 4.78 is 0. The molecule has 1 aliphatic heterocycles. The summed E-state index contributed by atoms with van der Waals surface area (Å²) in [6.45, 7) is 6.20. The summed E-state index contributed by atoms with van der Waals surface area (Å²) in [6, 6.07) is -3.33. The quantitative estimate of drug-likeness (QED) is 0.263. The van der Waals surface area contributed by atoms with Crippen LogP contribution in [0.5, 0.6) is 0 Å². The molecule has 0 aromatic carbocycles. The number of carbonyl (C=O) groups is 4. The highest BCUT2D eigenvalue weighted by Gasteiger charge is 2.37. The first-order valence-corrected chi connectivity index (χ1v) is 10.7. The minimum Gasteiger partial charge on any atom is -0.480 e. The van der Waals surface area contributed by atoms with Crippen molar-refractivity contribution in [2.75, 3.05) is 13.1 Å². The van der Waals surface area contributed by atoms with Gasteiger partial charge in [0.25, 0.3) is 0 Å². The molecule has 10 heteroatoms. The van der Waals surface area contributed by atoms with E-state index >= 15 is 0 Å². The van der Waals surface area contributed by atoms with Crippen molar-refractivity contribution >= 4 is 23.7 Å². The van der Waals surface area contributed by atoms with E-state index < -0.39 is 42.0 Å². The number of rotatable bonds is 12. The predicted molar refractivity (Wildman–Crippen MR) is 112 cm³/mol. The van der Waals surface area contributed by atoms with Gasteiger partial charge in [0.2, 0.25) is 17.7 Å². The minimum absolute atomic E-state index is 0.255. The lowest BCUT2D eigenvalue weighted by atomic mass is 10.0. The molecule has 1 saturated heterocycles. The van der Waals surface area contributed by atoms with E-state index in [4.69, 9.17) is 16.6 Å². The van der Waals surface area contributed by atoms with Gasteiger partial charge in [-0.25, -0.2) is 0 Å². The van der Waals surface area contributed by atoms with E-state index in [-0.39, 0.29) is 11.8 Å². The van der Waals surface area contributed by atoms with Crippen molar-refractivity contribution < 1.29 is 24.3 Å². The van der Waals surface area contributed by atoms with E-state index in [1.54, 1.807) is 0 Å². The highest BCUT2D eigenvalue weighted by Crippen LogP contribution is 2.20. The van der Waals surface area contributed by atoms with Gasteiger partial charge in [-0.2, -0.15) is 0 Å². The van der Waals surface area contributed by atoms with Gasteiger partial charge in [0.05, 0.1) is 6.04 Å². The van der Waals surface area contributed by atoms with E-state index in [1.165, 1.54) is 11.8 Å². The molecular formula is C20H37N5O5. The average Bonchev–Trinajstić information content (AvgIpc) is 3.15. The third-order valence-electron chi connectivity index (χ3n) is 5.19. The largest absolute Gasteiger partial charge is 0.480 e. The second-order valence-electron chi connectivity index (χ2n) is 8.34. The number of carboxylic acid groups (broad SMARTS) is 1. The number of hydrogen-bond donors (Lipinski definition) is 5. The molecule has 0 radical (unpaired) electrons. The van der Waals surface area contributed by atoms with Crippen molar-refractivity contribution in [3.63, 3.8) is 0 Å². The van der Waals surface area contributed by atoms with Crippen molar-refractivity contribution in [2.24, 2.45) is 17.4 Å². The molecule has 1 rings (SSSR count). The molecule has 0 aliphatic carbocycles. The number of nitrogens with one attached hydrogen (secondary N) is 2. The summed E-state index contributed by atoms with van der Waals surface area (Å²) in [5, 5.41) is 14.1. The zero-order chi connectivity index (χ0) is 22.8. The molecule has 0 bridgehead atoms. The van der Waals surface area contributed by atoms with Gasteiger partial charge in [-0.15, -0.1) is 0 Å². The Labute approximate surface area is 178 Å². The monoisotopic (exact) mass is 427 g/mol. The van der Waals surface area contributed by atoms with Gasteiger partial charge in [0.15, 0.2) is 0 Å². The smallest absolute Gasteiger partial charge is 0.325 e. The van der Waals surface area contributed by atoms with E-state index in [1.807, 2.05) is 13.8 Å². The Kier molecular flexibility index (Phi) is 10.8. The molecule has 4 atom stereocenters. The zero-order valence-corrected chi connectivity index (χ0v) is 18.2. The molecule has 1 fully saturated rings. The van der Waals surface area contributed by atoms with Crippen LogP contribution in [0.25, 0.3) is 0 Å². The van der Waals surface area contributed by atoms with Gasteiger partial charge < -0.3 is 32.1 Å². The molecule has 4 unspecified atom stereocenters. The highest BCUT2D eigenvalue weighted by molar-refractivity contribution is 5.94. The van der Waals surface area contributed by atoms with Crippen molar-refractivity contribution in [3.8, 4) is 0 Å². The number of carbonyl (C=O) groups excluding carboxylic acids is 3. The SMILES string of the molecule is CC(C)CC(N)C(=O)N1CCCC1C(=O)NC(CCCCN)C(=O)NC(C)C(=O)O. The average molecular weight is 428 g/mol. The first-order valence-electron chi connectivity index (χ1n) is 10.7. The molecule has 30 heavy (non-hydrogen) atoms. The second kappa shape index (κ2) is 12.5. The maximum atomic E-state index is 12.9. The Balaban J connectivity index is 2.83. The summed E-state index contributed by atoms with van der Waals surface area (Å²) >= 11 is 0. The summed E-state index contributed by atoms with van der Waals surface area (Å²) in [5.74, 6) is -2.16. The van der Waals surface area contributed by atoms with Crippen LogP contribution in [0.15, 0.2) is 0 Å². The van der Waals surface area contributed by atoms with Crippen LogP contribution in [0, 0.1) is 5.92 Å². The Bertz CT molecular complexity index is 612. The van der Waals surface area contributed by atoms with Gasteiger partial charge in [-0.05, 0) is 57.9 Å². The lowest BCUT2D eigenvalue weighted by Crippen LogP contribution is -2.56. The minimum atomic E-state index is -1.16. The standard InChI is InChI=1S/C20H37N5O5/c1-12(2)11-14(22)19(28)25-10-6-8-16(25)18(27)24-15(7-4-5-9-21)17(26)23-13(3)20(29)30/h12-16H,4-11,21-22H2,1-3H3,(H,23,26)(H,24,27)(H,29,30). The van der Waals surface area contributed by atoms with Crippen LogP contribution in [0.3, 0.4) is 0 Å². The van der Waals surface area contributed by atoms with Gasteiger partial charge in [-0.3, -0.25) is 19.2 Å². The van der Waals surface area contributed by atoms with Gasteiger partial charge in [0, 0.05) is 6.54 Å². The highest BCUT2D eigenvalue weighted by atomic mass is 16.4. The number of carboxylic acids is 1. The van der Waals surface area contributed by atoms with Crippen LogP contribution in [0.4, 0.5) is 0 Å². The molecule has 1 heterocycles. The zero-order valence-electron chi connectivity index (χ0n) is 18.2. The number of nitrogens with zero attached hydrogens (tertiary/aromatic N) is 1. The van der Waals surface area contributed by atoms with E-state index in [9.17, 15) is 19.2 Å². The maximum Gasteiger partial charge on any atom is 0.325 e. The lowest BCUT2D eigenvalue weighted by molar-refractivity contribution is -0.142. The Morgan fingerprint density at radius 3 is 2.37 bits per heavy atom. The van der Waals surface area contributed by atoms with E-state index in [0.29, 0.717) is 51.6 Å². The van der Waals surface area contributed by atoms with Crippen LogP contribution >= 0.6 is 0 Å². The number of unbranched alkanes of at least 4 members (excludes halogenated alkanes) is 1. The van der Waals surface area contributed by atoms with E-state index in [2.05, 4.69) is 10.6 Å². The molecular weight excluding hydrogens is 390 g/mol. The Morgan fingerprint density at radius 2 is 1.80 bits per heavy atom. The van der Waals surface area contributed by atoms with Crippen LogP contribution < -0.4 is 22.1 Å². The number of hydrogen-bond acceptors (Lipinski definition) is 6. The first kappa shape index (κ1) is 25.8. The van der Waals surface area contributed by atoms with Crippen LogP contribution in [-0.2, 0) is 19.2 Å². The lowest BCUT2D eigenvalue weighted by Gasteiger charge is -2.29. The second-order valence-corrected chi connectivity index (χ2v) is 8.34. The maximum absolute atomic E-state index is 12.9. The summed E-state index contributed by atoms with van der Waals surface area (Å²) in [5.41, 5.74) is 11.5. The van der Waals surface area contributed by atoms with Crippen molar-refractivity contribution in [1.29, 1.82) is 0 Å². The molecule has 7 N–H and O–H groups in total. The molecule has 10 nitrogen and oxygen atoms in total. The topological polar surface area (TPSA) is 168 Å². The summed E-state index contributed by atoms with van der Waals surface area (Å²) in [4.78, 5) is 50.7. The molecule has 1 aliphatic rings. The number of nitrogens with two attached hydrogens (primary N) is 2. The number of likely N-dealkylation sites (tertiary alicyclic amines) is 1. The fourth-order valence-corrected chi connectivity index (χ4v) is 3.53. The molecule has 0 saturated carbocycles. The van der Waals surface area contributed by atoms with Crippen molar-refractivity contribution in [3.05, 3.63) is 0 Å². The third kappa shape index (κ3) is 7.91. The van der Waals surface area contributed by atoms with Crippen LogP contribution in [0.2, 0.25) is 0 Å². The Hall–Kier alpha value is -2.20. The van der Waals surface area contributed by atoms with Crippen LogP contribution in [0.1, 0.15) is 59.3 Å². The van der Waals surface area contributed by atoms with Gasteiger partial charge in [-0.1, -0.05) is 13.8 Å². The van der Waals surface area contributed by atoms with Crippen molar-refractivity contribution in [1.82, 2.24) is 15.5 Å². The number of amides is 3. The van der Waals surface area contributed by atoms with Gasteiger partial charge in [0.1, 0.15) is 18.1 Å². The van der Waals surface area contributed by atoms with Gasteiger partial charge >= 0.3 is 5.97 Å². The number of aliphatic carboxylic acids is 1. The molecule has 0 spiro atoms. The Morgan fingerprint density at radius 1 is 1.13 bits per heavy atom.